The second kappa shape index (κ2) is 16.6. The maximum Gasteiger partial charge on any atom is 0.314 e. The fraction of sp³-hybridized carbons (Fsp3) is 1.00. The van der Waals surface area contributed by atoms with E-state index < -0.39 is 56.5 Å². The van der Waals surface area contributed by atoms with Gasteiger partial charge in [-0.1, -0.05) is 0 Å². The van der Waals surface area contributed by atoms with Gasteiger partial charge in [0, 0.05) is 13.2 Å². The molecule has 0 spiro atoms. The van der Waals surface area contributed by atoms with Crippen LogP contribution < -0.4 is 0 Å². The fourth-order valence-electron chi connectivity index (χ4n) is 4.62. The Hall–Kier alpha value is 1.02. The van der Waals surface area contributed by atoms with Gasteiger partial charge in [0.05, 0.1) is 13.2 Å². The van der Waals surface area contributed by atoms with Gasteiger partial charge in [-0.2, -0.15) is 0 Å². The van der Waals surface area contributed by atoms with E-state index in [0.29, 0.717) is 26.4 Å². The number of aliphatic hydroxyl groups is 1. The number of unbranched alkanes of at least 4 members (excludes halogenated alkanes) is 2. The predicted molar refractivity (Wildman–Crippen MR) is 177 cm³/mol. The van der Waals surface area contributed by atoms with Crippen LogP contribution in [0.3, 0.4) is 0 Å². The van der Waals surface area contributed by atoms with Gasteiger partial charge in [0.2, 0.25) is 0 Å². The summed E-state index contributed by atoms with van der Waals surface area (Å²) >= 11 is 0. The van der Waals surface area contributed by atoms with Gasteiger partial charge < -0.3 is 31.0 Å². The Labute approximate surface area is 242 Å². The molecule has 0 unspecified atom stereocenters. The lowest BCUT2D eigenvalue weighted by atomic mass is 10.3. The van der Waals surface area contributed by atoms with Crippen LogP contribution in [0.5, 0.6) is 0 Å². The summed E-state index contributed by atoms with van der Waals surface area (Å²) in [4.78, 5) is 0. The van der Waals surface area contributed by atoms with Crippen LogP contribution in [0.25, 0.3) is 0 Å². The zero-order chi connectivity index (χ0) is 29.9. The summed E-state index contributed by atoms with van der Waals surface area (Å²) < 4.78 is 37.7. The molecule has 0 bridgehead atoms. The first-order valence-electron chi connectivity index (χ1n) is 14.6. The van der Waals surface area contributed by atoms with Crippen LogP contribution in [0.1, 0.15) is 25.7 Å². The van der Waals surface area contributed by atoms with Crippen LogP contribution in [0.4, 0.5) is 0 Å². The highest BCUT2D eigenvalue weighted by Crippen LogP contribution is 2.27. The lowest BCUT2D eigenvalue weighted by Gasteiger charge is -2.38. The van der Waals surface area contributed by atoms with Gasteiger partial charge in [0.15, 0.2) is 33.3 Å². The number of hydrogen-bond donors (Lipinski definition) is 1. The molecule has 0 aromatic rings. The van der Waals surface area contributed by atoms with E-state index in [0.717, 1.165) is 37.8 Å². The summed E-state index contributed by atoms with van der Waals surface area (Å²) in [5, 5.41) is 10.2. The molecule has 0 saturated heterocycles. The molecule has 7 nitrogen and oxygen atoms in total. The first-order valence-corrected chi connectivity index (χ1v) is 33.2. The SMILES string of the molecule is C[Si](C)(C)O[Si](C)(CCCCOCC(O)COCCCC[Si](C)(O[Si](C)(C)C)O[Si](C)(C)C)O[Si](C)(C)C. The number of rotatable bonds is 22. The Morgan fingerprint density at radius 1 is 0.447 bits per heavy atom. The van der Waals surface area contributed by atoms with Crippen molar-refractivity contribution in [1.29, 1.82) is 0 Å². The van der Waals surface area contributed by atoms with E-state index in [1.54, 1.807) is 0 Å². The minimum Gasteiger partial charge on any atom is -0.437 e. The Kier molecular flexibility index (Phi) is 17.1. The van der Waals surface area contributed by atoms with Crippen molar-refractivity contribution in [2.75, 3.05) is 26.4 Å². The van der Waals surface area contributed by atoms with Crippen molar-refractivity contribution in [1.82, 2.24) is 0 Å². The van der Waals surface area contributed by atoms with E-state index in [4.69, 9.17) is 25.9 Å². The molecule has 0 aromatic carbocycles. The smallest absolute Gasteiger partial charge is 0.314 e. The Balaban J connectivity index is 4.19. The zero-order valence-electron chi connectivity index (χ0n) is 27.5. The Morgan fingerprint density at radius 2 is 0.711 bits per heavy atom. The standard InChI is InChI=1S/C25H64O7Si6/c1-33(2,3)29-37(13,30-34(4,5)6)21-17-15-19-27-23-25(26)24-28-20-16-18-22-38(14,31-35(7,8)9)32-36(10,11)12/h25-26H,15-24H2,1-14H3. The topological polar surface area (TPSA) is 75.6 Å². The van der Waals surface area contributed by atoms with Crippen molar-refractivity contribution in [3.63, 3.8) is 0 Å². The molecule has 0 saturated carbocycles. The summed E-state index contributed by atoms with van der Waals surface area (Å²) in [6.07, 6.45) is 3.35. The Bertz CT molecular complexity index is 556. The molecular formula is C25H64O7Si6. The molecule has 0 aliphatic carbocycles. The van der Waals surface area contributed by atoms with Gasteiger partial charge in [-0.25, -0.2) is 0 Å². The van der Waals surface area contributed by atoms with E-state index in [1.807, 2.05) is 0 Å². The van der Waals surface area contributed by atoms with Crippen LogP contribution in [-0.2, 0) is 25.9 Å². The first kappa shape index (κ1) is 39.0. The summed E-state index contributed by atoms with van der Waals surface area (Å²) in [5.74, 6) is 0. The van der Waals surface area contributed by atoms with Gasteiger partial charge in [-0.3, -0.25) is 0 Å². The maximum atomic E-state index is 10.2. The van der Waals surface area contributed by atoms with E-state index in [-0.39, 0.29) is 0 Å². The maximum absolute atomic E-state index is 10.2. The molecule has 0 amide bonds. The lowest BCUT2D eigenvalue weighted by Crippen LogP contribution is -2.52. The van der Waals surface area contributed by atoms with Crippen LogP contribution in [0.15, 0.2) is 0 Å². The molecule has 0 aliphatic rings. The van der Waals surface area contributed by atoms with Crippen molar-refractivity contribution >= 4 is 50.4 Å². The minimum atomic E-state index is -2.18. The van der Waals surface area contributed by atoms with E-state index in [2.05, 4.69) is 91.7 Å². The number of aliphatic hydroxyl groups excluding tert-OH is 1. The van der Waals surface area contributed by atoms with Gasteiger partial charge in [0.25, 0.3) is 0 Å². The summed E-state index contributed by atoms with van der Waals surface area (Å²) in [7, 11) is -11.0. The average Bonchev–Trinajstić information content (AvgIpc) is 2.60. The van der Waals surface area contributed by atoms with Gasteiger partial charge in [0.1, 0.15) is 6.10 Å². The molecule has 1 N–H and O–H groups in total. The quantitative estimate of drug-likeness (QED) is 0.0967. The molecule has 0 aromatic heterocycles. The third-order valence-corrected chi connectivity index (χ3v) is 24.3. The molecule has 38 heavy (non-hydrogen) atoms. The largest absolute Gasteiger partial charge is 0.437 e. The lowest BCUT2D eigenvalue weighted by molar-refractivity contribution is -0.0197. The van der Waals surface area contributed by atoms with Crippen molar-refractivity contribution < 1.29 is 31.0 Å². The van der Waals surface area contributed by atoms with Crippen molar-refractivity contribution in [2.24, 2.45) is 0 Å². The van der Waals surface area contributed by atoms with Crippen molar-refractivity contribution in [3.8, 4) is 0 Å². The molecule has 0 aliphatic heterocycles. The van der Waals surface area contributed by atoms with Crippen molar-refractivity contribution in [2.45, 2.75) is 136 Å². The Morgan fingerprint density at radius 3 is 0.947 bits per heavy atom. The first-order chi connectivity index (χ1) is 16.9. The summed E-state index contributed by atoms with van der Waals surface area (Å²) in [5.41, 5.74) is 0. The van der Waals surface area contributed by atoms with E-state index in [1.165, 1.54) is 0 Å². The fourth-order valence-corrected chi connectivity index (χ4v) is 29.9. The van der Waals surface area contributed by atoms with Crippen LogP contribution in [-0.4, -0.2) is 88.0 Å². The highest BCUT2D eigenvalue weighted by Gasteiger charge is 2.40. The molecule has 230 valence electrons. The zero-order valence-corrected chi connectivity index (χ0v) is 33.5. The molecule has 0 fully saturated rings. The minimum absolute atomic E-state index is 0.310. The third kappa shape index (κ3) is 23.7. The van der Waals surface area contributed by atoms with Gasteiger partial charge in [-0.15, -0.1) is 0 Å². The monoisotopic (exact) mass is 644 g/mol. The van der Waals surface area contributed by atoms with Gasteiger partial charge >= 0.3 is 17.1 Å². The van der Waals surface area contributed by atoms with Gasteiger partial charge in [-0.05, 0) is 129 Å². The highest BCUT2D eigenvalue weighted by molar-refractivity contribution is 6.88. The van der Waals surface area contributed by atoms with E-state index >= 15 is 0 Å². The third-order valence-electron chi connectivity index (χ3n) is 5.05. The molecule has 0 heterocycles. The molecule has 0 radical (unpaired) electrons. The molecule has 0 atom stereocenters. The van der Waals surface area contributed by atoms with E-state index in [9.17, 15) is 5.11 Å². The molecule has 13 heteroatoms. The van der Waals surface area contributed by atoms with Crippen LogP contribution >= 0.6 is 0 Å². The molecule has 0 rings (SSSR count). The van der Waals surface area contributed by atoms with Crippen LogP contribution in [0.2, 0.25) is 104 Å². The second-order valence-electron chi connectivity index (χ2n) is 14.8. The van der Waals surface area contributed by atoms with Crippen LogP contribution in [0, 0.1) is 0 Å². The molecular weight excluding hydrogens is 581 g/mol. The summed E-state index contributed by atoms with van der Waals surface area (Å²) in [6, 6.07) is 1.98. The number of ether oxygens (including phenoxy) is 2. The number of hydrogen-bond acceptors (Lipinski definition) is 7. The second-order valence-corrected chi connectivity index (χ2v) is 40.5. The average molecular weight is 645 g/mol. The summed E-state index contributed by atoms with van der Waals surface area (Å²) in [6.45, 7) is 33.2. The van der Waals surface area contributed by atoms with Crippen molar-refractivity contribution in [3.05, 3.63) is 0 Å². The normalized spacial score (nSPS) is 14.5. The predicted octanol–water partition coefficient (Wildman–Crippen LogP) is 7.49. The highest BCUT2D eigenvalue weighted by atomic mass is 28.5.